The Morgan fingerprint density at radius 2 is 1.57 bits per heavy atom. The number of hydrogen-bond donors (Lipinski definition) is 1. The zero-order chi connectivity index (χ0) is 26.0. The zero-order valence-corrected chi connectivity index (χ0v) is 22.8. The maximum Gasteiger partial charge on any atom is 0.243 e. The lowest BCUT2D eigenvalue weighted by atomic mass is 10.0. The third kappa shape index (κ3) is 7.96. The molecular formula is C32H38N2O2S. The molecule has 0 aliphatic heterocycles. The summed E-state index contributed by atoms with van der Waals surface area (Å²) in [5.74, 6) is 1.06. The monoisotopic (exact) mass is 514 g/mol. The van der Waals surface area contributed by atoms with Crippen molar-refractivity contribution in [3.8, 4) is 0 Å². The lowest BCUT2D eigenvalue weighted by Crippen LogP contribution is -2.52. The van der Waals surface area contributed by atoms with Gasteiger partial charge in [-0.1, -0.05) is 97.3 Å². The Balaban J connectivity index is 1.56. The molecule has 1 fully saturated rings. The van der Waals surface area contributed by atoms with E-state index in [-0.39, 0.29) is 17.9 Å². The van der Waals surface area contributed by atoms with Gasteiger partial charge >= 0.3 is 0 Å². The van der Waals surface area contributed by atoms with E-state index in [2.05, 4.69) is 55.6 Å². The molecule has 1 saturated carbocycles. The van der Waals surface area contributed by atoms with Crippen molar-refractivity contribution in [3.05, 3.63) is 107 Å². The average Bonchev–Trinajstić information content (AvgIpc) is 3.42. The largest absolute Gasteiger partial charge is 0.352 e. The van der Waals surface area contributed by atoms with Gasteiger partial charge in [0.05, 0.1) is 5.75 Å². The summed E-state index contributed by atoms with van der Waals surface area (Å²) < 4.78 is 0. The molecule has 0 unspecified atom stereocenters. The number of carbonyl (C=O) groups is 2. The number of hydrogen-bond acceptors (Lipinski definition) is 3. The molecule has 1 atom stereocenters. The van der Waals surface area contributed by atoms with Gasteiger partial charge < -0.3 is 10.2 Å². The first-order chi connectivity index (χ1) is 18.0. The molecule has 1 N–H and O–H groups in total. The number of benzene rings is 3. The Labute approximate surface area is 225 Å². The van der Waals surface area contributed by atoms with Crippen LogP contribution in [0.1, 0.15) is 53.5 Å². The van der Waals surface area contributed by atoms with Crippen LogP contribution in [-0.4, -0.2) is 34.6 Å². The van der Waals surface area contributed by atoms with Crippen molar-refractivity contribution >= 4 is 23.6 Å². The van der Waals surface area contributed by atoms with Gasteiger partial charge in [0.15, 0.2) is 0 Å². The highest BCUT2D eigenvalue weighted by molar-refractivity contribution is 7.99. The van der Waals surface area contributed by atoms with E-state index >= 15 is 0 Å². The molecule has 0 radical (unpaired) electrons. The molecule has 4 nitrogen and oxygen atoms in total. The van der Waals surface area contributed by atoms with Crippen molar-refractivity contribution in [2.24, 2.45) is 0 Å². The Morgan fingerprint density at radius 1 is 0.892 bits per heavy atom. The fourth-order valence-electron chi connectivity index (χ4n) is 4.92. The van der Waals surface area contributed by atoms with Gasteiger partial charge in [0, 0.05) is 24.8 Å². The molecule has 3 aromatic rings. The second-order valence-electron chi connectivity index (χ2n) is 10.1. The maximum absolute atomic E-state index is 13.8. The van der Waals surface area contributed by atoms with Crippen LogP contribution in [0.15, 0.2) is 78.9 Å². The van der Waals surface area contributed by atoms with Crippen molar-refractivity contribution in [2.45, 2.75) is 70.3 Å². The van der Waals surface area contributed by atoms with Gasteiger partial charge in [-0.2, -0.15) is 0 Å². The molecular weight excluding hydrogens is 476 g/mol. The topological polar surface area (TPSA) is 49.4 Å². The van der Waals surface area contributed by atoms with Crippen LogP contribution in [0.5, 0.6) is 0 Å². The van der Waals surface area contributed by atoms with Gasteiger partial charge in [-0.3, -0.25) is 9.59 Å². The van der Waals surface area contributed by atoms with Crippen LogP contribution in [0.3, 0.4) is 0 Å². The van der Waals surface area contributed by atoms with E-state index in [0.29, 0.717) is 18.7 Å². The first-order valence-corrected chi connectivity index (χ1v) is 14.5. The molecule has 194 valence electrons. The van der Waals surface area contributed by atoms with E-state index in [0.717, 1.165) is 48.1 Å². The minimum Gasteiger partial charge on any atom is -0.352 e. The normalized spacial score (nSPS) is 14.3. The highest BCUT2D eigenvalue weighted by Crippen LogP contribution is 2.22. The quantitative estimate of drug-likeness (QED) is 0.330. The van der Waals surface area contributed by atoms with Gasteiger partial charge in [0.1, 0.15) is 6.04 Å². The van der Waals surface area contributed by atoms with Gasteiger partial charge in [-0.15, -0.1) is 11.8 Å². The minimum atomic E-state index is -0.560. The van der Waals surface area contributed by atoms with E-state index in [1.807, 2.05) is 47.4 Å². The molecule has 5 heteroatoms. The zero-order valence-electron chi connectivity index (χ0n) is 22.0. The van der Waals surface area contributed by atoms with E-state index in [9.17, 15) is 9.59 Å². The number of aryl methyl sites for hydroxylation is 2. The standard InChI is InChI=1S/C32H38N2O2S/c1-24-16-18-27(19-17-24)22-37-23-31(35)34(21-28-13-7-6-10-25(28)2)30(20-26-11-4-3-5-12-26)32(36)33-29-14-8-9-15-29/h3-7,10-13,16-19,29-30H,8-9,14-15,20-23H2,1-2H3,(H,33,36)/t30-/m1/s1. The van der Waals surface area contributed by atoms with Crippen molar-refractivity contribution in [1.29, 1.82) is 0 Å². The summed E-state index contributed by atoms with van der Waals surface area (Å²) >= 11 is 1.61. The lowest BCUT2D eigenvalue weighted by Gasteiger charge is -2.32. The first kappa shape index (κ1) is 27.0. The maximum atomic E-state index is 13.8. The van der Waals surface area contributed by atoms with Crippen LogP contribution in [-0.2, 0) is 28.3 Å². The number of nitrogens with one attached hydrogen (secondary N) is 1. The summed E-state index contributed by atoms with van der Waals surface area (Å²) in [5, 5.41) is 3.28. The molecule has 2 amide bonds. The Hall–Kier alpha value is -3.05. The number of thioether (sulfide) groups is 1. The Bertz CT molecular complexity index is 1160. The molecule has 0 bridgehead atoms. The van der Waals surface area contributed by atoms with E-state index < -0.39 is 6.04 Å². The van der Waals surface area contributed by atoms with Gasteiger partial charge in [-0.25, -0.2) is 0 Å². The average molecular weight is 515 g/mol. The fraction of sp³-hybridized carbons (Fsp3) is 0.375. The smallest absolute Gasteiger partial charge is 0.243 e. The van der Waals surface area contributed by atoms with Crippen LogP contribution < -0.4 is 5.32 Å². The van der Waals surface area contributed by atoms with Gasteiger partial charge in [0.25, 0.3) is 0 Å². The van der Waals surface area contributed by atoms with E-state index in [1.54, 1.807) is 11.8 Å². The molecule has 1 aliphatic carbocycles. The highest BCUT2D eigenvalue weighted by atomic mass is 32.2. The molecule has 0 aromatic heterocycles. The summed E-state index contributed by atoms with van der Waals surface area (Å²) in [7, 11) is 0. The second-order valence-corrected chi connectivity index (χ2v) is 11.1. The van der Waals surface area contributed by atoms with E-state index in [1.165, 1.54) is 11.1 Å². The van der Waals surface area contributed by atoms with Crippen LogP contribution in [0.2, 0.25) is 0 Å². The first-order valence-electron chi connectivity index (χ1n) is 13.3. The Kier molecular flexibility index (Phi) is 9.84. The van der Waals surface area contributed by atoms with Crippen molar-refractivity contribution in [3.63, 3.8) is 0 Å². The Morgan fingerprint density at radius 3 is 2.27 bits per heavy atom. The molecule has 0 heterocycles. The summed E-state index contributed by atoms with van der Waals surface area (Å²) in [5.41, 5.74) is 5.69. The minimum absolute atomic E-state index is 0.00266. The van der Waals surface area contributed by atoms with Crippen molar-refractivity contribution in [1.82, 2.24) is 10.2 Å². The van der Waals surface area contributed by atoms with Crippen LogP contribution in [0.25, 0.3) is 0 Å². The van der Waals surface area contributed by atoms with Crippen LogP contribution in [0, 0.1) is 13.8 Å². The molecule has 1 aliphatic rings. The lowest BCUT2D eigenvalue weighted by molar-refractivity contribution is -0.139. The number of nitrogens with zero attached hydrogens (tertiary/aromatic N) is 1. The summed E-state index contributed by atoms with van der Waals surface area (Å²) in [6, 6.07) is 26.3. The molecule has 0 saturated heterocycles. The molecule has 0 spiro atoms. The third-order valence-corrected chi connectivity index (χ3v) is 8.18. The molecule has 37 heavy (non-hydrogen) atoms. The number of amides is 2. The molecule has 3 aromatic carbocycles. The highest BCUT2D eigenvalue weighted by Gasteiger charge is 2.32. The van der Waals surface area contributed by atoms with Crippen molar-refractivity contribution < 1.29 is 9.59 Å². The van der Waals surface area contributed by atoms with Crippen molar-refractivity contribution in [2.75, 3.05) is 5.75 Å². The van der Waals surface area contributed by atoms with Crippen LogP contribution in [0.4, 0.5) is 0 Å². The second kappa shape index (κ2) is 13.5. The van der Waals surface area contributed by atoms with Crippen LogP contribution >= 0.6 is 11.8 Å². The SMILES string of the molecule is Cc1ccc(CSCC(=O)N(Cc2ccccc2C)[C@H](Cc2ccccc2)C(=O)NC2CCCC2)cc1. The summed E-state index contributed by atoms with van der Waals surface area (Å²) in [6.45, 7) is 4.56. The van der Waals surface area contributed by atoms with Gasteiger partial charge in [0.2, 0.25) is 11.8 Å². The number of rotatable bonds is 11. The summed E-state index contributed by atoms with van der Waals surface area (Å²) in [6.07, 6.45) is 4.83. The molecule has 4 rings (SSSR count). The summed E-state index contributed by atoms with van der Waals surface area (Å²) in [4.78, 5) is 29.4. The predicted octanol–water partition coefficient (Wildman–Crippen LogP) is 6.24. The van der Waals surface area contributed by atoms with Gasteiger partial charge in [-0.05, 0) is 48.9 Å². The van der Waals surface area contributed by atoms with E-state index in [4.69, 9.17) is 0 Å². The third-order valence-electron chi connectivity index (χ3n) is 7.19. The predicted molar refractivity (Wildman–Crippen MR) is 153 cm³/mol. The number of carbonyl (C=O) groups excluding carboxylic acids is 2. The fourth-order valence-corrected chi connectivity index (χ4v) is 5.79.